The van der Waals surface area contributed by atoms with Crippen LogP contribution in [-0.4, -0.2) is 43.9 Å². The molecule has 22 heavy (non-hydrogen) atoms. The van der Waals surface area contributed by atoms with Crippen molar-refractivity contribution in [3.8, 4) is 11.5 Å². The van der Waals surface area contributed by atoms with Crippen LogP contribution in [-0.2, 0) is 0 Å². The molecular formula is C18H23NO3. The van der Waals surface area contributed by atoms with Crippen LogP contribution in [0.2, 0.25) is 0 Å². The third-order valence-corrected chi connectivity index (χ3v) is 3.47. The van der Waals surface area contributed by atoms with Crippen LogP contribution in [0.3, 0.4) is 0 Å². The van der Waals surface area contributed by atoms with E-state index in [1.165, 1.54) is 0 Å². The molecule has 2 rings (SSSR count). The Labute approximate surface area is 131 Å². The van der Waals surface area contributed by atoms with Gasteiger partial charge in [0.15, 0.2) is 0 Å². The van der Waals surface area contributed by atoms with Crippen molar-refractivity contribution in [1.82, 2.24) is 4.90 Å². The van der Waals surface area contributed by atoms with E-state index in [1.54, 1.807) is 7.11 Å². The molecule has 0 aliphatic rings. The van der Waals surface area contributed by atoms with Crippen molar-refractivity contribution in [3.05, 3.63) is 60.2 Å². The van der Waals surface area contributed by atoms with Crippen molar-refractivity contribution in [2.45, 2.75) is 6.10 Å². The Balaban J connectivity index is 1.72. The van der Waals surface area contributed by atoms with Crippen LogP contribution >= 0.6 is 0 Å². The molecule has 0 amide bonds. The summed E-state index contributed by atoms with van der Waals surface area (Å²) >= 11 is 0. The van der Waals surface area contributed by atoms with Gasteiger partial charge in [-0.15, -0.1) is 0 Å². The second-order valence-corrected chi connectivity index (χ2v) is 5.21. The van der Waals surface area contributed by atoms with Crippen molar-refractivity contribution in [1.29, 1.82) is 0 Å². The first kappa shape index (κ1) is 16.3. The summed E-state index contributed by atoms with van der Waals surface area (Å²) in [6.45, 7) is 1.90. The molecular weight excluding hydrogens is 278 g/mol. The van der Waals surface area contributed by atoms with E-state index in [2.05, 4.69) is 4.90 Å². The maximum Gasteiger partial charge on any atom is 0.119 e. The molecule has 2 aromatic carbocycles. The molecule has 0 heterocycles. The van der Waals surface area contributed by atoms with E-state index in [0.717, 1.165) is 23.6 Å². The quantitative estimate of drug-likeness (QED) is 0.814. The highest BCUT2D eigenvalue weighted by Gasteiger charge is 2.10. The van der Waals surface area contributed by atoms with Crippen molar-refractivity contribution < 1.29 is 14.6 Å². The predicted molar refractivity (Wildman–Crippen MR) is 87.4 cm³/mol. The van der Waals surface area contributed by atoms with Crippen LogP contribution in [0.5, 0.6) is 11.5 Å². The number of ether oxygens (including phenoxy) is 2. The Hall–Kier alpha value is -2.04. The number of hydrogen-bond donors (Lipinski definition) is 1. The van der Waals surface area contributed by atoms with Gasteiger partial charge in [-0.25, -0.2) is 0 Å². The lowest BCUT2D eigenvalue weighted by molar-refractivity contribution is 0.118. The third-order valence-electron chi connectivity index (χ3n) is 3.47. The first-order valence-electron chi connectivity index (χ1n) is 7.37. The molecule has 0 saturated carbocycles. The fourth-order valence-corrected chi connectivity index (χ4v) is 2.16. The molecule has 1 unspecified atom stereocenters. The number of benzene rings is 2. The molecule has 0 fully saturated rings. The molecule has 4 nitrogen and oxygen atoms in total. The monoisotopic (exact) mass is 301 g/mol. The number of likely N-dealkylation sites (N-methyl/N-ethyl adjacent to an activating group) is 1. The number of aliphatic hydroxyl groups excluding tert-OH is 1. The van der Waals surface area contributed by atoms with Crippen molar-refractivity contribution in [3.63, 3.8) is 0 Å². The fourth-order valence-electron chi connectivity index (χ4n) is 2.16. The lowest BCUT2D eigenvalue weighted by atomic mass is 10.1. The average molecular weight is 301 g/mol. The number of aliphatic hydroxyl groups is 1. The largest absolute Gasteiger partial charge is 0.497 e. The van der Waals surface area contributed by atoms with E-state index < -0.39 is 6.10 Å². The van der Waals surface area contributed by atoms with E-state index in [9.17, 15) is 5.11 Å². The zero-order valence-electron chi connectivity index (χ0n) is 13.1. The maximum atomic E-state index is 10.2. The molecule has 0 saturated heterocycles. The van der Waals surface area contributed by atoms with Gasteiger partial charge in [-0.05, 0) is 36.9 Å². The molecule has 1 N–H and O–H groups in total. The summed E-state index contributed by atoms with van der Waals surface area (Å²) < 4.78 is 10.8. The summed E-state index contributed by atoms with van der Waals surface area (Å²) in [6.07, 6.45) is -0.479. The van der Waals surface area contributed by atoms with Gasteiger partial charge in [-0.2, -0.15) is 0 Å². The summed E-state index contributed by atoms with van der Waals surface area (Å²) in [4.78, 5) is 2.06. The highest BCUT2D eigenvalue weighted by molar-refractivity contribution is 5.31. The first-order chi connectivity index (χ1) is 10.7. The summed E-state index contributed by atoms with van der Waals surface area (Å²) in [7, 11) is 3.62. The number of nitrogens with zero attached hydrogens (tertiary/aromatic N) is 1. The van der Waals surface area contributed by atoms with Gasteiger partial charge in [0, 0.05) is 13.1 Å². The summed E-state index contributed by atoms with van der Waals surface area (Å²) in [6, 6.07) is 17.2. The van der Waals surface area contributed by atoms with Gasteiger partial charge in [0.25, 0.3) is 0 Å². The molecule has 2 aromatic rings. The standard InChI is InChI=1S/C18H23NO3/c1-19(14-18(20)15-6-4-3-5-7-15)12-13-22-17-10-8-16(21-2)9-11-17/h3-11,18,20H,12-14H2,1-2H3. The van der Waals surface area contributed by atoms with Crippen molar-refractivity contribution >= 4 is 0 Å². The molecule has 1 atom stereocenters. The molecule has 0 aliphatic carbocycles. The Morgan fingerprint density at radius 1 is 1.00 bits per heavy atom. The van der Waals surface area contributed by atoms with E-state index in [-0.39, 0.29) is 0 Å². The van der Waals surface area contributed by atoms with E-state index in [0.29, 0.717) is 13.2 Å². The number of rotatable bonds is 8. The van der Waals surface area contributed by atoms with Crippen LogP contribution in [0.15, 0.2) is 54.6 Å². The Bertz CT molecular complexity index is 542. The predicted octanol–water partition coefficient (Wildman–Crippen LogP) is 2.74. The van der Waals surface area contributed by atoms with Gasteiger partial charge in [-0.1, -0.05) is 30.3 Å². The Morgan fingerprint density at radius 3 is 2.27 bits per heavy atom. The van der Waals surface area contributed by atoms with Gasteiger partial charge in [0.2, 0.25) is 0 Å². The summed E-state index contributed by atoms with van der Waals surface area (Å²) in [5.74, 6) is 1.63. The van der Waals surface area contributed by atoms with Gasteiger partial charge in [-0.3, -0.25) is 0 Å². The van der Waals surface area contributed by atoms with Gasteiger partial charge < -0.3 is 19.5 Å². The second kappa shape index (κ2) is 8.41. The minimum absolute atomic E-state index is 0.479. The maximum absolute atomic E-state index is 10.2. The summed E-state index contributed by atoms with van der Waals surface area (Å²) in [5.41, 5.74) is 0.936. The number of methoxy groups -OCH3 is 1. The molecule has 0 bridgehead atoms. The van der Waals surface area contributed by atoms with Crippen molar-refractivity contribution in [2.24, 2.45) is 0 Å². The van der Waals surface area contributed by atoms with Crippen molar-refractivity contribution in [2.75, 3.05) is 33.9 Å². The highest BCUT2D eigenvalue weighted by atomic mass is 16.5. The molecule has 118 valence electrons. The Morgan fingerprint density at radius 2 is 1.64 bits per heavy atom. The van der Waals surface area contributed by atoms with E-state index >= 15 is 0 Å². The zero-order valence-corrected chi connectivity index (χ0v) is 13.1. The highest BCUT2D eigenvalue weighted by Crippen LogP contribution is 2.17. The lowest BCUT2D eigenvalue weighted by Gasteiger charge is -2.21. The normalized spacial score (nSPS) is 12.2. The SMILES string of the molecule is COc1ccc(OCCN(C)CC(O)c2ccccc2)cc1. The number of hydrogen-bond acceptors (Lipinski definition) is 4. The second-order valence-electron chi connectivity index (χ2n) is 5.21. The minimum atomic E-state index is -0.479. The molecule has 0 aliphatic heterocycles. The molecule has 0 radical (unpaired) electrons. The topological polar surface area (TPSA) is 41.9 Å². The Kier molecular flexibility index (Phi) is 6.25. The van der Waals surface area contributed by atoms with Crippen LogP contribution in [0, 0.1) is 0 Å². The smallest absolute Gasteiger partial charge is 0.119 e. The van der Waals surface area contributed by atoms with E-state index in [1.807, 2.05) is 61.6 Å². The molecule has 4 heteroatoms. The summed E-state index contributed by atoms with van der Waals surface area (Å²) in [5, 5.41) is 10.2. The van der Waals surface area contributed by atoms with Crippen LogP contribution in [0.1, 0.15) is 11.7 Å². The average Bonchev–Trinajstić information content (AvgIpc) is 2.56. The fraction of sp³-hybridized carbons (Fsp3) is 0.333. The third kappa shape index (κ3) is 5.06. The van der Waals surface area contributed by atoms with Crippen LogP contribution in [0.4, 0.5) is 0 Å². The first-order valence-corrected chi connectivity index (χ1v) is 7.37. The van der Waals surface area contributed by atoms with E-state index in [4.69, 9.17) is 9.47 Å². The lowest BCUT2D eigenvalue weighted by Crippen LogP contribution is -2.28. The minimum Gasteiger partial charge on any atom is -0.497 e. The molecule has 0 aromatic heterocycles. The van der Waals surface area contributed by atoms with Crippen LogP contribution < -0.4 is 9.47 Å². The molecule has 0 spiro atoms. The van der Waals surface area contributed by atoms with Crippen LogP contribution in [0.25, 0.3) is 0 Å². The zero-order chi connectivity index (χ0) is 15.8. The van der Waals surface area contributed by atoms with Gasteiger partial charge >= 0.3 is 0 Å². The van der Waals surface area contributed by atoms with Gasteiger partial charge in [0.1, 0.15) is 18.1 Å². The van der Waals surface area contributed by atoms with Gasteiger partial charge in [0.05, 0.1) is 13.2 Å².